The van der Waals surface area contributed by atoms with E-state index in [-0.39, 0.29) is 5.82 Å². The van der Waals surface area contributed by atoms with Gasteiger partial charge in [-0.25, -0.2) is 9.78 Å². The third-order valence-electron chi connectivity index (χ3n) is 1.88. The molecule has 0 radical (unpaired) electrons. The number of nitrogens with zero attached hydrogens (tertiary/aromatic N) is 1. The second-order valence-electron chi connectivity index (χ2n) is 3.03. The fraction of sp³-hybridized carbons (Fsp3) is 0.250. The molecule has 0 aliphatic heterocycles. The number of nitrogen functional groups attached to an aromatic ring is 1. The molecule has 0 saturated carbocycles. The number of hydrogen-bond acceptors (Lipinski definition) is 4. The molecule has 0 aromatic carbocycles. The normalized spacial score (nSPS) is 13.5. The highest BCUT2D eigenvalue weighted by Gasteiger charge is 2.38. The van der Waals surface area contributed by atoms with Crippen LogP contribution in [0.25, 0.3) is 0 Å². The number of rotatable bonds is 2. The molecule has 1 unspecified atom stereocenters. The number of halogens is 3. The molecule has 0 saturated heterocycles. The zero-order valence-corrected chi connectivity index (χ0v) is 7.82. The number of aromatic nitrogens is 1. The van der Waals surface area contributed by atoms with Gasteiger partial charge in [0.15, 0.2) is 0 Å². The van der Waals surface area contributed by atoms with Crippen molar-refractivity contribution in [1.82, 2.24) is 4.98 Å². The number of carboxylic acids is 1. The zero-order chi connectivity index (χ0) is 12.5. The van der Waals surface area contributed by atoms with E-state index in [0.717, 1.165) is 12.3 Å². The minimum absolute atomic E-state index is 0.356. The lowest BCUT2D eigenvalue weighted by atomic mass is 10.1. The lowest BCUT2D eigenvalue weighted by Gasteiger charge is -2.16. The quantitative estimate of drug-likeness (QED) is 0.707. The Morgan fingerprint density at radius 3 is 2.50 bits per heavy atom. The average Bonchev–Trinajstić information content (AvgIpc) is 2.15. The molecule has 0 fully saturated rings. The lowest BCUT2D eigenvalue weighted by Crippen LogP contribution is -2.29. The van der Waals surface area contributed by atoms with Gasteiger partial charge in [0.1, 0.15) is 17.4 Å². The van der Waals surface area contributed by atoms with E-state index in [2.05, 4.69) is 4.98 Å². The topological polar surface area (TPSA) is 102 Å². The van der Waals surface area contributed by atoms with Gasteiger partial charge in [0.05, 0.1) is 0 Å². The second kappa shape index (κ2) is 3.97. The number of pyridine rings is 1. The molecule has 1 heterocycles. The minimum Gasteiger partial charge on any atom is -0.478 e. The summed E-state index contributed by atoms with van der Waals surface area (Å²) in [6, 6.07) is -1.51. The van der Waals surface area contributed by atoms with Gasteiger partial charge < -0.3 is 16.6 Å². The second-order valence-corrected chi connectivity index (χ2v) is 3.03. The molecule has 1 atom stereocenters. The highest BCUT2D eigenvalue weighted by molar-refractivity contribution is 5.92. The molecule has 0 amide bonds. The van der Waals surface area contributed by atoms with Crippen molar-refractivity contribution < 1.29 is 23.1 Å². The molecule has 1 aromatic heterocycles. The molecule has 5 N–H and O–H groups in total. The maximum atomic E-state index is 12.2. The van der Waals surface area contributed by atoms with Gasteiger partial charge in [0.25, 0.3) is 0 Å². The SMILES string of the molecule is Nc1ncc(C(N)C(F)(F)F)cc1C(=O)O. The number of carbonyl (C=O) groups is 1. The van der Waals surface area contributed by atoms with Crippen LogP contribution < -0.4 is 11.5 Å². The van der Waals surface area contributed by atoms with Gasteiger partial charge in [0.2, 0.25) is 0 Å². The molecule has 8 heteroatoms. The van der Waals surface area contributed by atoms with Crippen molar-refractivity contribution in [1.29, 1.82) is 0 Å². The number of anilines is 1. The van der Waals surface area contributed by atoms with Crippen molar-refractivity contribution in [3.8, 4) is 0 Å². The van der Waals surface area contributed by atoms with Crippen molar-refractivity contribution in [3.05, 3.63) is 23.4 Å². The van der Waals surface area contributed by atoms with Crippen LogP contribution in [0, 0.1) is 0 Å². The standard InChI is InChI=1S/C8H8F3N3O2/c9-8(10,11)5(12)3-1-4(7(15)16)6(13)14-2-3/h1-2,5H,12H2,(H2,13,14)(H,15,16). The third-order valence-corrected chi connectivity index (χ3v) is 1.88. The Kier molecular flexibility index (Phi) is 3.04. The van der Waals surface area contributed by atoms with Crippen LogP contribution in [0.4, 0.5) is 19.0 Å². The first-order valence-corrected chi connectivity index (χ1v) is 4.04. The molecule has 0 aliphatic rings. The van der Waals surface area contributed by atoms with Crippen LogP contribution in [-0.4, -0.2) is 22.2 Å². The fourth-order valence-corrected chi connectivity index (χ4v) is 1.02. The van der Waals surface area contributed by atoms with Crippen LogP contribution in [0.1, 0.15) is 22.0 Å². The summed E-state index contributed by atoms with van der Waals surface area (Å²) in [6.07, 6.45) is -3.85. The van der Waals surface area contributed by atoms with E-state index < -0.39 is 29.3 Å². The first-order valence-electron chi connectivity index (χ1n) is 4.04. The molecular formula is C8H8F3N3O2. The largest absolute Gasteiger partial charge is 0.478 e. The van der Waals surface area contributed by atoms with Crippen LogP contribution in [0.3, 0.4) is 0 Å². The number of hydrogen-bond donors (Lipinski definition) is 3. The summed E-state index contributed by atoms with van der Waals surface area (Å²) in [5.41, 5.74) is 9.13. The summed E-state index contributed by atoms with van der Waals surface area (Å²) in [6.45, 7) is 0. The Hall–Kier alpha value is -1.83. The molecule has 0 aliphatic carbocycles. The molecule has 16 heavy (non-hydrogen) atoms. The molecule has 0 spiro atoms. The van der Waals surface area contributed by atoms with Gasteiger partial charge in [0, 0.05) is 6.20 Å². The molecule has 1 aromatic rings. The summed E-state index contributed by atoms with van der Waals surface area (Å²) in [5.74, 6) is -1.81. The van der Waals surface area contributed by atoms with Crippen molar-refractivity contribution in [2.24, 2.45) is 5.73 Å². The summed E-state index contributed by atoms with van der Waals surface area (Å²) in [4.78, 5) is 14.0. The van der Waals surface area contributed by atoms with E-state index in [1.165, 1.54) is 0 Å². The Bertz CT molecular complexity index is 419. The third kappa shape index (κ3) is 2.40. The first-order chi connectivity index (χ1) is 7.23. The van der Waals surface area contributed by atoms with Crippen LogP contribution in [0.5, 0.6) is 0 Å². The smallest absolute Gasteiger partial charge is 0.407 e. The van der Waals surface area contributed by atoms with Gasteiger partial charge in [-0.2, -0.15) is 13.2 Å². The predicted octanol–water partition coefficient (Wildman–Crippen LogP) is 0.924. The predicted molar refractivity (Wildman–Crippen MR) is 48.6 cm³/mol. The number of carboxylic acid groups (broad SMARTS) is 1. The minimum atomic E-state index is -4.66. The van der Waals surface area contributed by atoms with Crippen molar-refractivity contribution in [3.63, 3.8) is 0 Å². The van der Waals surface area contributed by atoms with Gasteiger partial charge in [-0.05, 0) is 11.6 Å². The Morgan fingerprint density at radius 2 is 2.06 bits per heavy atom. The van der Waals surface area contributed by atoms with Gasteiger partial charge in [-0.3, -0.25) is 0 Å². The van der Waals surface area contributed by atoms with E-state index >= 15 is 0 Å². The maximum Gasteiger partial charge on any atom is 0.407 e. The lowest BCUT2D eigenvalue weighted by molar-refractivity contribution is -0.149. The van der Waals surface area contributed by atoms with Crippen LogP contribution >= 0.6 is 0 Å². The van der Waals surface area contributed by atoms with E-state index in [1.54, 1.807) is 0 Å². The Balaban J connectivity index is 3.18. The monoisotopic (exact) mass is 235 g/mol. The van der Waals surface area contributed by atoms with E-state index in [0.29, 0.717) is 0 Å². The van der Waals surface area contributed by atoms with Crippen molar-refractivity contribution >= 4 is 11.8 Å². The summed E-state index contributed by atoms with van der Waals surface area (Å²) in [7, 11) is 0. The van der Waals surface area contributed by atoms with Gasteiger partial charge >= 0.3 is 12.1 Å². The highest BCUT2D eigenvalue weighted by Crippen LogP contribution is 2.30. The van der Waals surface area contributed by atoms with E-state index in [4.69, 9.17) is 16.6 Å². The summed E-state index contributed by atoms with van der Waals surface area (Å²) in [5, 5.41) is 8.63. The molecular weight excluding hydrogens is 227 g/mol. The summed E-state index contributed by atoms with van der Waals surface area (Å²) < 4.78 is 36.7. The molecule has 0 bridgehead atoms. The van der Waals surface area contributed by atoms with E-state index in [9.17, 15) is 18.0 Å². The molecule has 1 rings (SSSR count). The van der Waals surface area contributed by atoms with Crippen molar-refractivity contribution in [2.75, 3.05) is 5.73 Å². The van der Waals surface area contributed by atoms with Gasteiger partial charge in [-0.15, -0.1) is 0 Å². The van der Waals surface area contributed by atoms with Gasteiger partial charge in [-0.1, -0.05) is 0 Å². The van der Waals surface area contributed by atoms with Crippen LogP contribution in [0.15, 0.2) is 12.3 Å². The summed E-state index contributed by atoms with van der Waals surface area (Å²) >= 11 is 0. The van der Waals surface area contributed by atoms with E-state index in [1.807, 2.05) is 0 Å². The zero-order valence-electron chi connectivity index (χ0n) is 7.82. The Morgan fingerprint density at radius 1 is 1.50 bits per heavy atom. The fourth-order valence-electron chi connectivity index (χ4n) is 1.02. The number of nitrogens with two attached hydrogens (primary N) is 2. The number of alkyl halides is 3. The highest BCUT2D eigenvalue weighted by atomic mass is 19.4. The molecule has 5 nitrogen and oxygen atoms in total. The molecule has 88 valence electrons. The average molecular weight is 235 g/mol. The number of aromatic carboxylic acids is 1. The first kappa shape index (κ1) is 12.2. The Labute approximate surface area is 87.9 Å². The van der Waals surface area contributed by atoms with Crippen LogP contribution in [0.2, 0.25) is 0 Å². The van der Waals surface area contributed by atoms with Crippen LogP contribution in [-0.2, 0) is 0 Å². The van der Waals surface area contributed by atoms with Crippen molar-refractivity contribution in [2.45, 2.75) is 12.2 Å². The maximum absolute atomic E-state index is 12.2.